The number of aromatic nitrogens is 2. The number of nitrogens with zero attached hydrogens (tertiary/aromatic N) is 2. The molecule has 4 heteroatoms. The van der Waals surface area contributed by atoms with Crippen LogP contribution in [-0.2, 0) is 0 Å². The Kier molecular flexibility index (Phi) is 2.37. The normalized spacial score (nSPS) is 21.4. The Morgan fingerprint density at radius 2 is 2.36 bits per heavy atom. The Bertz CT molecular complexity index is 391. The average molecular weight is 193 g/mol. The molecular weight excluding hydrogens is 178 g/mol. The summed E-state index contributed by atoms with van der Waals surface area (Å²) in [7, 11) is 0. The van der Waals surface area contributed by atoms with Gasteiger partial charge in [-0.1, -0.05) is 0 Å². The third-order valence-corrected chi connectivity index (χ3v) is 2.92. The molecular formula is C10H15N3O. The predicted molar refractivity (Wildman–Crippen MR) is 54.2 cm³/mol. The van der Waals surface area contributed by atoms with Crippen LogP contribution in [0.4, 0.5) is 0 Å². The molecule has 76 valence electrons. The van der Waals surface area contributed by atoms with E-state index < -0.39 is 0 Å². The lowest BCUT2D eigenvalue weighted by Crippen LogP contribution is -2.26. The highest BCUT2D eigenvalue weighted by Crippen LogP contribution is 2.17. The Hall–Kier alpha value is -1.16. The van der Waals surface area contributed by atoms with Gasteiger partial charge >= 0.3 is 0 Å². The summed E-state index contributed by atoms with van der Waals surface area (Å²) in [4.78, 5) is 15.1. The molecule has 2 rings (SSSR count). The van der Waals surface area contributed by atoms with Crippen LogP contribution in [0.15, 0.2) is 11.1 Å². The largest absolute Gasteiger partial charge is 0.320 e. The molecule has 1 atom stereocenters. The van der Waals surface area contributed by atoms with Gasteiger partial charge in [-0.25, -0.2) is 0 Å². The molecule has 1 aliphatic rings. The highest BCUT2D eigenvalue weighted by atomic mass is 16.1. The molecule has 1 N–H and O–H groups in total. The van der Waals surface area contributed by atoms with Gasteiger partial charge in [0.2, 0.25) is 0 Å². The van der Waals surface area contributed by atoms with Crippen molar-refractivity contribution in [3.63, 3.8) is 0 Å². The molecule has 2 heterocycles. The van der Waals surface area contributed by atoms with Crippen LogP contribution in [0.5, 0.6) is 0 Å². The second-order valence-electron chi connectivity index (χ2n) is 3.78. The molecule has 0 bridgehead atoms. The second kappa shape index (κ2) is 3.53. The van der Waals surface area contributed by atoms with E-state index in [-0.39, 0.29) is 5.56 Å². The van der Waals surface area contributed by atoms with E-state index in [0.29, 0.717) is 6.17 Å². The van der Waals surface area contributed by atoms with Gasteiger partial charge in [-0.05, 0) is 33.2 Å². The molecule has 14 heavy (non-hydrogen) atoms. The lowest BCUT2D eigenvalue weighted by Gasteiger charge is -2.18. The van der Waals surface area contributed by atoms with E-state index in [4.69, 9.17) is 0 Å². The SMILES string of the molecule is Cc1c(C)n(C2CCCN2)cnc1=O. The molecule has 1 fully saturated rings. The van der Waals surface area contributed by atoms with Gasteiger partial charge in [-0.2, -0.15) is 4.98 Å². The zero-order valence-corrected chi connectivity index (χ0v) is 8.58. The molecule has 0 saturated carbocycles. The van der Waals surface area contributed by atoms with Gasteiger partial charge in [-0.3, -0.25) is 10.1 Å². The number of hydrogen-bond donors (Lipinski definition) is 1. The zero-order valence-electron chi connectivity index (χ0n) is 8.58. The van der Waals surface area contributed by atoms with Gasteiger partial charge in [0.15, 0.2) is 0 Å². The number of rotatable bonds is 1. The van der Waals surface area contributed by atoms with Crippen molar-refractivity contribution in [3.05, 3.63) is 27.9 Å². The first-order valence-corrected chi connectivity index (χ1v) is 4.98. The summed E-state index contributed by atoms with van der Waals surface area (Å²) in [6.07, 6.45) is 4.27. The maximum absolute atomic E-state index is 11.3. The van der Waals surface area contributed by atoms with Crippen LogP contribution < -0.4 is 10.9 Å². The van der Waals surface area contributed by atoms with Gasteiger partial charge in [0.1, 0.15) is 6.33 Å². The first-order valence-electron chi connectivity index (χ1n) is 4.98. The first-order chi connectivity index (χ1) is 6.70. The van der Waals surface area contributed by atoms with Gasteiger partial charge in [0.05, 0.1) is 6.17 Å². The summed E-state index contributed by atoms with van der Waals surface area (Å²) >= 11 is 0. The minimum absolute atomic E-state index is 0.114. The van der Waals surface area contributed by atoms with Crippen molar-refractivity contribution in [3.8, 4) is 0 Å². The maximum atomic E-state index is 11.3. The van der Waals surface area contributed by atoms with E-state index >= 15 is 0 Å². The quantitative estimate of drug-likeness (QED) is 0.715. The summed E-state index contributed by atoms with van der Waals surface area (Å²) < 4.78 is 2.06. The van der Waals surface area contributed by atoms with Crippen molar-refractivity contribution in [1.29, 1.82) is 0 Å². The highest BCUT2D eigenvalue weighted by Gasteiger charge is 2.17. The van der Waals surface area contributed by atoms with E-state index in [2.05, 4.69) is 14.9 Å². The van der Waals surface area contributed by atoms with Crippen LogP contribution in [0, 0.1) is 13.8 Å². The number of nitrogens with one attached hydrogen (secondary N) is 1. The molecule has 1 unspecified atom stereocenters. The monoisotopic (exact) mass is 193 g/mol. The van der Waals surface area contributed by atoms with Gasteiger partial charge in [0.25, 0.3) is 5.56 Å². The molecule has 1 aromatic heterocycles. The molecule has 0 aromatic carbocycles. The number of hydrogen-bond acceptors (Lipinski definition) is 3. The molecule has 1 aromatic rings. The molecule has 0 radical (unpaired) electrons. The summed E-state index contributed by atoms with van der Waals surface area (Å²) in [6, 6.07) is 0. The van der Waals surface area contributed by atoms with E-state index in [9.17, 15) is 4.79 Å². The lowest BCUT2D eigenvalue weighted by molar-refractivity contribution is 0.449. The van der Waals surface area contributed by atoms with Crippen LogP contribution in [0.3, 0.4) is 0 Å². The summed E-state index contributed by atoms with van der Waals surface area (Å²) in [5, 5.41) is 3.38. The lowest BCUT2D eigenvalue weighted by atomic mass is 10.2. The van der Waals surface area contributed by atoms with Crippen molar-refractivity contribution in [1.82, 2.24) is 14.9 Å². The minimum Gasteiger partial charge on any atom is -0.320 e. The fourth-order valence-corrected chi connectivity index (χ4v) is 1.86. The summed E-state index contributed by atoms with van der Waals surface area (Å²) in [6.45, 7) is 4.85. The molecule has 4 nitrogen and oxygen atoms in total. The van der Waals surface area contributed by atoms with Crippen LogP contribution in [0.2, 0.25) is 0 Å². The summed E-state index contributed by atoms with van der Waals surface area (Å²) in [5.74, 6) is 0. The van der Waals surface area contributed by atoms with Crippen molar-refractivity contribution < 1.29 is 0 Å². The first kappa shape index (κ1) is 9.40. The standard InChI is InChI=1S/C10H15N3O/c1-7-8(2)13(6-12-10(7)14)9-4-3-5-11-9/h6,9,11H,3-5H2,1-2H3. The van der Waals surface area contributed by atoms with Crippen LogP contribution in [-0.4, -0.2) is 16.1 Å². The Morgan fingerprint density at radius 1 is 1.57 bits per heavy atom. The molecule has 0 amide bonds. The Balaban J connectivity index is 2.43. The molecule has 1 aliphatic heterocycles. The predicted octanol–water partition coefficient (Wildman–Crippen LogP) is 0.742. The van der Waals surface area contributed by atoms with E-state index in [1.165, 1.54) is 6.42 Å². The molecule has 0 aliphatic carbocycles. The minimum atomic E-state index is -0.114. The third kappa shape index (κ3) is 1.46. The fourth-order valence-electron chi connectivity index (χ4n) is 1.86. The Morgan fingerprint density at radius 3 is 3.00 bits per heavy atom. The summed E-state index contributed by atoms with van der Waals surface area (Å²) in [5.41, 5.74) is 1.65. The van der Waals surface area contributed by atoms with Crippen molar-refractivity contribution >= 4 is 0 Å². The second-order valence-corrected chi connectivity index (χ2v) is 3.78. The maximum Gasteiger partial charge on any atom is 0.275 e. The van der Waals surface area contributed by atoms with E-state index in [0.717, 1.165) is 24.2 Å². The smallest absolute Gasteiger partial charge is 0.275 e. The average Bonchev–Trinajstić information content (AvgIpc) is 2.67. The van der Waals surface area contributed by atoms with Crippen molar-refractivity contribution in [2.24, 2.45) is 0 Å². The van der Waals surface area contributed by atoms with Crippen molar-refractivity contribution in [2.45, 2.75) is 32.9 Å². The highest BCUT2D eigenvalue weighted by molar-refractivity contribution is 5.14. The molecule has 1 saturated heterocycles. The van der Waals surface area contributed by atoms with Gasteiger partial charge in [0, 0.05) is 11.3 Å². The van der Waals surface area contributed by atoms with Crippen LogP contribution in [0.1, 0.15) is 30.3 Å². The van der Waals surface area contributed by atoms with E-state index in [1.54, 1.807) is 6.33 Å². The van der Waals surface area contributed by atoms with Gasteiger partial charge < -0.3 is 4.57 Å². The van der Waals surface area contributed by atoms with Crippen LogP contribution in [0.25, 0.3) is 0 Å². The van der Waals surface area contributed by atoms with Crippen molar-refractivity contribution in [2.75, 3.05) is 6.54 Å². The fraction of sp³-hybridized carbons (Fsp3) is 0.600. The Labute approximate surface area is 83.0 Å². The van der Waals surface area contributed by atoms with E-state index in [1.807, 2.05) is 13.8 Å². The molecule has 0 spiro atoms. The zero-order chi connectivity index (χ0) is 10.1. The van der Waals surface area contributed by atoms with Gasteiger partial charge in [-0.15, -0.1) is 0 Å². The topological polar surface area (TPSA) is 46.9 Å². The third-order valence-electron chi connectivity index (χ3n) is 2.92. The van der Waals surface area contributed by atoms with Crippen LogP contribution >= 0.6 is 0 Å².